The van der Waals surface area contributed by atoms with E-state index >= 15 is 0 Å². The van der Waals surface area contributed by atoms with Gasteiger partial charge in [0.25, 0.3) is 0 Å². The zero-order valence-electron chi connectivity index (χ0n) is 10.6. The summed E-state index contributed by atoms with van der Waals surface area (Å²) >= 11 is 15.0. The van der Waals surface area contributed by atoms with Crippen LogP contribution in [0.1, 0.15) is 0 Å². The first-order chi connectivity index (χ1) is 9.97. The van der Waals surface area contributed by atoms with Crippen molar-refractivity contribution in [1.29, 1.82) is 0 Å². The first-order valence-electron chi connectivity index (χ1n) is 5.90. The molecule has 0 aromatic heterocycles. The standard InChI is InChI=1S/C14H10BrCl2FN2O/c15-9-6-8(4-5-12(9)18)19-7-13(21)20-14-10(16)2-1-3-11(14)17/h1-6,19H,7H2,(H,20,21). The summed E-state index contributed by atoms with van der Waals surface area (Å²) in [5, 5.41) is 6.22. The number of hydrogen-bond acceptors (Lipinski definition) is 2. The van der Waals surface area contributed by atoms with E-state index in [-0.39, 0.29) is 18.3 Å². The van der Waals surface area contributed by atoms with Crippen LogP contribution in [0.15, 0.2) is 40.9 Å². The summed E-state index contributed by atoms with van der Waals surface area (Å²) < 4.78 is 13.4. The van der Waals surface area contributed by atoms with E-state index in [1.54, 1.807) is 24.3 Å². The molecule has 0 saturated carbocycles. The Morgan fingerprint density at radius 2 is 1.86 bits per heavy atom. The molecule has 2 aromatic rings. The first kappa shape index (κ1) is 16.1. The Kier molecular flexibility index (Phi) is 5.45. The quantitative estimate of drug-likeness (QED) is 0.774. The van der Waals surface area contributed by atoms with E-state index in [0.717, 1.165) is 0 Å². The van der Waals surface area contributed by atoms with Gasteiger partial charge in [0, 0.05) is 5.69 Å². The van der Waals surface area contributed by atoms with Crippen LogP contribution in [0.25, 0.3) is 0 Å². The fraction of sp³-hybridized carbons (Fsp3) is 0.0714. The molecule has 0 heterocycles. The molecule has 0 aliphatic heterocycles. The van der Waals surface area contributed by atoms with Crippen LogP contribution in [0.4, 0.5) is 15.8 Å². The fourth-order valence-corrected chi connectivity index (χ4v) is 2.46. The third kappa shape index (κ3) is 4.33. The van der Waals surface area contributed by atoms with Gasteiger partial charge in [-0.05, 0) is 46.3 Å². The molecule has 7 heteroatoms. The maximum absolute atomic E-state index is 13.1. The van der Waals surface area contributed by atoms with Gasteiger partial charge < -0.3 is 10.6 Å². The molecule has 21 heavy (non-hydrogen) atoms. The minimum absolute atomic E-state index is 0.000373. The molecule has 110 valence electrons. The summed E-state index contributed by atoms with van der Waals surface area (Å²) in [6.45, 7) is -0.000373. The zero-order chi connectivity index (χ0) is 15.4. The van der Waals surface area contributed by atoms with E-state index in [1.807, 2.05) is 0 Å². The Labute approximate surface area is 139 Å². The van der Waals surface area contributed by atoms with Crippen LogP contribution in [-0.4, -0.2) is 12.5 Å². The van der Waals surface area contributed by atoms with E-state index in [0.29, 0.717) is 25.9 Å². The summed E-state index contributed by atoms with van der Waals surface area (Å²) in [6, 6.07) is 9.34. The fourth-order valence-electron chi connectivity index (χ4n) is 1.59. The number of carbonyl (C=O) groups is 1. The van der Waals surface area contributed by atoms with Gasteiger partial charge in [-0.15, -0.1) is 0 Å². The molecule has 2 N–H and O–H groups in total. The first-order valence-corrected chi connectivity index (χ1v) is 7.45. The van der Waals surface area contributed by atoms with E-state index in [9.17, 15) is 9.18 Å². The average Bonchev–Trinajstić information content (AvgIpc) is 2.44. The van der Waals surface area contributed by atoms with Crippen LogP contribution in [0.3, 0.4) is 0 Å². The highest BCUT2D eigenvalue weighted by Crippen LogP contribution is 2.29. The van der Waals surface area contributed by atoms with Crippen molar-refractivity contribution in [2.75, 3.05) is 17.2 Å². The SMILES string of the molecule is O=C(CNc1ccc(F)c(Br)c1)Nc1c(Cl)cccc1Cl. The summed E-state index contributed by atoms with van der Waals surface area (Å²) in [5.74, 6) is -0.682. The molecule has 0 unspecified atom stereocenters. The molecule has 0 aliphatic carbocycles. The third-order valence-corrected chi connectivity index (χ3v) is 3.84. The molecule has 0 bridgehead atoms. The van der Waals surface area contributed by atoms with Crippen molar-refractivity contribution in [2.24, 2.45) is 0 Å². The Morgan fingerprint density at radius 1 is 1.19 bits per heavy atom. The lowest BCUT2D eigenvalue weighted by molar-refractivity contribution is -0.114. The summed E-state index contributed by atoms with van der Waals surface area (Å²) in [5.41, 5.74) is 0.983. The van der Waals surface area contributed by atoms with E-state index in [4.69, 9.17) is 23.2 Å². The number of hydrogen-bond donors (Lipinski definition) is 2. The molecule has 0 spiro atoms. The molecule has 0 atom stereocenters. The number of benzene rings is 2. The van der Waals surface area contributed by atoms with Crippen molar-refractivity contribution in [3.8, 4) is 0 Å². The second-order valence-electron chi connectivity index (χ2n) is 4.13. The maximum Gasteiger partial charge on any atom is 0.243 e. The highest BCUT2D eigenvalue weighted by atomic mass is 79.9. The molecule has 0 fully saturated rings. The van der Waals surface area contributed by atoms with Crippen molar-refractivity contribution in [2.45, 2.75) is 0 Å². The Balaban J connectivity index is 1.97. The Morgan fingerprint density at radius 3 is 2.48 bits per heavy atom. The van der Waals surface area contributed by atoms with Crippen LogP contribution in [0, 0.1) is 5.82 Å². The third-order valence-electron chi connectivity index (χ3n) is 2.60. The minimum atomic E-state index is -0.368. The van der Waals surface area contributed by atoms with E-state index in [2.05, 4.69) is 26.6 Å². The topological polar surface area (TPSA) is 41.1 Å². The van der Waals surface area contributed by atoms with Crippen LogP contribution in [-0.2, 0) is 4.79 Å². The summed E-state index contributed by atoms with van der Waals surface area (Å²) in [4.78, 5) is 11.9. The van der Waals surface area contributed by atoms with Gasteiger partial charge in [0.05, 0.1) is 26.8 Å². The molecule has 0 saturated heterocycles. The summed E-state index contributed by atoms with van der Waals surface area (Å²) in [7, 11) is 0. The van der Waals surface area contributed by atoms with Gasteiger partial charge in [-0.25, -0.2) is 4.39 Å². The lowest BCUT2D eigenvalue weighted by Crippen LogP contribution is -2.22. The van der Waals surface area contributed by atoms with Crippen LogP contribution < -0.4 is 10.6 Å². The van der Waals surface area contributed by atoms with Gasteiger partial charge in [0.2, 0.25) is 5.91 Å². The van der Waals surface area contributed by atoms with Gasteiger partial charge in [0.1, 0.15) is 5.82 Å². The molecular formula is C14H10BrCl2FN2O. The van der Waals surface area contributed by atoms with E-state index < -0.39 is 0 Å². The predicted octanol–water partition coefficient (Wildman–Crippen LogP) is 4.95. The van der Waals surface area contributed by atoms with Gasteiger partial charge in [-0.3, -0.25) is 4.79 Å². The number of para-hydroxylation sites is 1. The number of carbonyl (C=O) groups excluding carboxylic acids is 1. The monoisotopic (exact) mass is 390 g/mol. The molecule has 2 aromatic carbocycles. The van der Waals surface area contributed by atoms with Crippen molar-refractivity contribution < 1.29 is 9.18 Å². The van der Waals surface area contributed by atoms with E-state index in [1.165, 1.54) is 12.1 Å². The van der Waals surface area contributed by atoms with Crippen LogP contribution in [0.2, 0.25) is 10.0 Å². The number of anilines is 2. The molecule has 0 aliphatic rings. The van der Waals surface area contributed by atoms with Gasteiger partial charge >= 0.3 is 0 Å². The number of rotatable bonds is 4. The maximum atomic E-state index is 13.1. The lowest BCUT2D eigenvalue weighted by atomic mass is 10.3. The van der Waals surface area contributed by atoms with Crippen LogP contribution in [0.5, 0.6) is 0 Å². The molecule has 2 rings (SSSR count). The molecule has 3 nitrogen and oxygen atoms in total. The van der Waals surface area contributed by atoms with Crippen molar-refractivity contribution in [3.63, 3.8) is 0 Å². The predicted molar refractivity (Wildman–Crippen MR) is 87.7 cm³/mol. The second-order valence-corrected chi connectivity index (χ2v) is 5.80. The largest absolute Gasteiger partial charge is 0.376 e. The smallest absolute Gasteiger partial charge is 0.243 e. The molecule has 1 amide bonds. The van der Waals surface area contributed by atoms with Crippen molar-refractivity contribution >= 4 is 56.4 Å². The number of nitrogens with one attached hydrogen (secondary N) is 2. The van der Waals surface area contributed by atoms with Crippen molar-refractivity contribution in [1.82, 2.24) is 0 Å². The van der Waals surface area contributed by atoms with Gasteiger partial charge in [0.15, 0.2) is 0 Å². The Bertz CT molecular complexity index is 662. The van der Waals surface area contributed by atoms with Crippen LogP contribution >= 0.6 is 39.1 Å². The zero-order valence-corrected chi connectivity index (χ0v) is 13.7. The van der Waals surface area contributed by atoms with Crippen molar-refractivity contribution in [3.05, 3.63) is 56.7 Å². The van der Waals surface area contributed by atoms with Gasteiger partial charge in [-0.1, -0.05) is 29.3 Å². The van der Waals surface area contributed by atoms with Gasteiger partial charge in [-0.2, -0.15) is 0 Å². The number of halogens is 4. The molecular weight excluding hydrogens is 382 g/mol. The average molecular weight is 392 g/mol. The normalized spacial score (nSPS) is 10.3. The highest BCUT2D eigenvalue weighted by molar-refractivity contribution is 9.10. The molecule has 0 radical (unpaired) electrons. The number of amides is 1. The minimum Gasteiger partial charge on any atom is -0.376 e. The second kappa shape index (κ2) is 7.11. The summed E-state index contributed by atoms with van der Waals surface area (Å²) in [6.07, 6.45) is 0. The lowest BCUT2D eigenvalue weighted by Gasteiger charge is -2.10. The Hall–Kier alpha value is -1.30. The highest BCUT2D eigenvalue weighted by Gasteiger charge is 2.09.